The fourth-order valence-corrected chi connectivity index (χ4v) is 2.00. The van der Waals surface area contributed by atoms with Crippen molar-refractivity contribution in [1.29, 1.82) is 0 Å². The first-order valence-electron chi connectivity index (χ1n) is 7.41. The molecule has 3 heteroatoms. The van der Waals surface area contributed by atoms with Gasteiger partial charge in [-0.25, -0.2) is 0 Å². The standard InChI is InChI=1S/C16H30N2O/c1-14(2)11-17-12-15-13-18(9-10-19-15)8-6-7-16(3,4)5/h14-15,17H,8-13H2,1-5H3/t15-/m1/s1. The zero-order chi connectivity index (χ0) is 14.3. The Morgan fingerprint density at radius 3 is 2.74 bits per heavy atom. The van der Waals surface area contributed by atoms with Crippen LogP contribution in [0.3, 0.4) is 0 Å². The van der Waals surface area contributed by atoms with Crippen LogP contribution in [0.25, 0.3) is 0 Å². The average molecular weight is 266 g/mol. The van der Waals surface area contributed by atoms with Gasteiger partial charge in [0.25, 0.3) is 0 Å². The van der Waals surface area contributed by atoms with E-state index in [4.69, 9.17) is 4.74 Å². The number of hydrogen-bond acceptors (Lipinski definition) is 3. The van der Waals surface area contributed by atoms with Gasteiger partial charge < -0.3 is 10.1 Å². The average Bonchev–Trinajstić information content (AvgIpc) is 2.27. The van der Waals surface area contributed by atoms with Crippen molar-refractivity contribution in [2.45, 2.75) is 40.7 Å². The summed E-state index contributed by atoms with van der Waals surface area (Å²) in [6, 6.07) is 0. The molecule has 1 aliphatic heterocycles. The molecule has 0 aliphatic carbocycles. The fourth-order valence-electron chi connectivity index (χ4n) is 2.00. The summed E-state index contributed by atoms with van der Waals surface area (Å²) in [7, 11) is 0. The number of morpholine rings is 1. The predicted octanol–water partition coefficient (Wildman–Crippen LogP) is 1.98. The highest BCUT2D eigenvalue weighted by Gasteiger charge is 2.19. The van der Waals surface area contributed by atoms with Crippen LogP contribution >= 0.6 is 0 Å². The summed E-state index contributed by atoms with van der Waals surface area (Å²) in [5.41, 5.74) is 0.102. The van der Waals surface area contributed by atoms with Gasteiger partial charge in [-0.2, -0.15) is 0 Å². The monoisotopic (exact) mass is 266 g/mol. The third kappa shape index (κ3) is 8.26. The molecule has 0 radical (unpaired) electrons. The van der Waals surface area contributed by atoms with Crippen molar-refractivity contribution < 1.29 is 4.74 Å². The van der Waals surface area contributed by atoms with Crippen LogP contribution in [0.1, 0.15) is 34.6 Å². The van der Waals surface area contributed by atoms with Gasteiger partial charge in [0.1, 0.15) is 0 Å². The molecule has 1 atom stereocenters. The smallest absolute Gasteiger partial charge is 0.0827 e. The van der Waals surface area contributed by atoms with Crippen LogP contribution in [0, 0.1) is 23.2 Å². The van der Waals surface area contributed by atoms with Gasteiger partial charge in [-0.3, -0.25) is 4.90 Å². The maximum atomic E-state index is 5.78. The largest absolute Gasteiger partial charge is 0.374 e. The molecular formula is C16H30N2O. The van der Waals surface area contributed by atoms with Crippen molar-refractivity contribution >= 4 is 0 Å². The van der Waals surface area contributed by atoms with Gasteiger partial charge in [-0.1, -0.05) is 25.7 Å². The molecule has 0 saturated carbocycles. The zero-order valence-corrected chi connectivity index (χ0v) is 13.3. The van der Waals surface area contributed by atoms with Gasteiger partial charge in [0, 0.05) is 25.0 Å². The first-order chi connectivity index (χ1) is 8.87. The lowest BCUT2D eigenvalue weighted by molar-refractivity contribution is -0.0226. The molecule has 1 aliphatic rings. The quantitative estimate of drug-likeness (QED) is 0.770. The minimum atomic E-state index is 0.102. The molecule has 0 amide bonds. The van der Waals surface area contributed by atoms with E-state index in [-0.39, 0.29) is 5.41 Å². The predicted molar refractivity (Wildman–Crippen MR) is 81.1 cm³/mol. The maximum absolute atomic E-state index is 5.78. The van der Waals surface area contributed by atoms with Crippen LogP contribution in [0.4, 0.5) is 0 Å². The van der Waals surface area contributed by atoms with E-state index < -0.39 is 0 Å². The third-order valence-corrected chi connectivity index (χ3v) is 2.91. The van der Waals surface area contributed by atoms with Gasteiger partial charge in [-0.15, -0.1) is 0 Å². The Morgan fingerprint density at radius 2 is 2.11 bits per heavy atom. The Morgan fingerprint density at radius 1 is 1.37 bits per heavy atom. The number of nitrogens with one attached hydrogen (secondary N) is 1. The molecule has 1 fully saturated rings. The second-order valence-corrected chi connectivity index (χ2v) is 6.83. The lowest BCUT2D eigenvalue weighted by atomic mass is 9.98. The van der Waals surface area contributed by atoms with Gasteiger partial charge in [0.2, 0.25) is 0 Å². The Labute approximate surface area is 119 Å². The fraction of sp³-hybridized carbons (Fsp3) is 0.875. The minimum Gasteiger partial charge on any atom is -0.374 e. The topological polar surface area (TPSA) is 24.5 Å². The van der Waals surface area contributed by atoms with E-state index in [1.807, 2.05) is 0 Å². The molecular weight excluding hydrogens is 236 g/mol. The second-order valence-electron chi connectivity index (χ2n) is 6.83. The van der Waals surface area contributed by atoms with Crippen molar-refractivity contribution in [2.24, 2.45) is 11.3 Å². The van der Waals surface area contributed by atoms with Gasteiger partial charge >= 0.3 is 0 Å². The zero-order valence-electron chi connectivity index (χ0n) is 13.3. The molecule has 1 heterocycles. The van der Waals surface area contributed by atoms with Gasteiger partial charge in [0.15, 0.2) is 0 Å². The Bertz CT molecular complexity index is 309. The van der Waals surface area contributed by atoms with Crippen molar-refractivity contribution in [1.82, 2.24) is 10.2 Å². The lowest BCUT2D eigenvalue weighted by Crippen LogP contribution is -2.47. The minimum absolute atomic E-state index is 0.102. The van der Waals surface area contributed by atoms with Crippen LogP contribution in [-0.2, 0) is 4.74 Å². The summed E-state index contributed by atoms with van der Waals surface area (Å²) < 4.78 is 5.78. The maximum Gasteiger partial charge on any atom is 0.0827 e. The molecule has 1 rings (SSSR count). The highest BCUT2D eigenvalue weighted by atomic mass is 16.5. The van der Waals surface area contributed by atoms with Crippen molar-refractivity contribution in [3.05, 3.63) is 0 Å². The van der Waals surface area contributed by atoms with Crippen LogP contribution in [0.15, 0.2) is 0 Å². The van der Waals surface area contributed by atoms with Crippen LogP contribution in [0.5, 0.6) is 0 Å². The molecule has 0 bridgehead atoms. The van der Waals surface area contributed by atoms with Crippen molar-refractivity contribution in [3.8, 4) is 11.8 Å². The molecule has 0 unspecified atom stereocenters. The third-order valence-electron chi connectivity index (χ3n) is 2.91. The van der Waals surface area contributed by atoms with E-state index in [0.717, 1.165) is 39.3 Å². The molecule has 1 N–H and O–H groups in total. The molecule has 0 spiro atoms. The van der Waals surface area contributed by atoms with E-state index in [1.54, 1.807) is 0 Å². The summed E-state index contributed by atoms with van der Waals surface area (Å²) in [5.74, 6) is 7.28. The lowest BCUT2D eigenvalue weighted by Gasteiger charge is -2.32. The molecule has 19 heavy (non-hydrogen) atoms. The second kappa shape index (κ2) is 7.89. The molecule has 0 aromatic heterocycles. The van der Waals surface area contributed by atoms with Crippen molar-refractivity contribution in [2.75, 3.05) is 39.3 Å². The Hall–Kier alpha value is -0.560. The van der Waals surface area contributed by atoms with E-state index in [0.29, 0.717) is 12.0 Å². The van der Waals surface area contributed by atoms with E-state index in [9.17, 15) is 0 Å². The van der Waals surface area contributed by atoms with E-state index >= 15 is 0 Å². The summed E-state index contributed by atoms with van der Waals surface area (Å²) in [6.45, 7) is 16.6. The number of rotatable bonds is 5. The highest BCUT2D eigenvalue weighted by Crippen LogP contribution is 2.10. The number of nitrogens with zero attached hydrogens (tertiary/aromatic N) is 1. The number of hydrogen-bond donors (Lipinski definition) is 1. The van der Waals surface area contributed by atoms with Crippen LogP contribution in [0.2, 0.25) is 0 Å². The molecule has 110 valence electrons. The Balaban J connectivity index is 2.27. The summed E-state index contributed by atoms with van der Waals surface area (Å²) in [5, 5.41) is 3.47. The normalized spacial score (nSPS) is 21.3. The van der Waals surface area contributed by atoms with Crippen LogP contribution < -0.4 is 5.32 Å². The molecule has 1 saturated heterocycles. The Kier molecular flexibility index (Phi) is 6.85. The summed E-state index contributed by atoms with van der Waals surface area (Å²) in [4.78, 5) is 2.39. The summed E-state index contributed by atoms with van der Waals surface area (Å²) >= 11 is 0. The first kappa shape index (κ1) is 16.5. The SMILES string of the molecule is CC(C)CNC[C@@H]1CN(CC#CC(C)(C)C)CCO1. The van der Waals surface area contributed by atoms with E-state index in [1.165, 1.54) is 0 Å². The van der Waals surface area contributed by atoms with Gasteiger partial charge in [-0.05, 0) is 33.2 Å². The van der Waals surface area contributed by atoms with E-state index in [2.05, 4.69) is 56.7 Å². The first-order valence-corrected chi connectivity index (χ1v) is 7.41. The molecule has 0 aromatic rings. The van der Waals surface area contributed by atoms with Gasteiger partial charge in [0.05, 0.1) is 19.3 Å². The van der Waals surface area contributed by atoms with Crippen molar-refractivity contribution in [3.63, 3.8) is 0 Å². The summed E-state index contributed by atoms with van der Waals surface area (Å²) in [6.07, 6.45) is 0.309. The van der Waals surface area contributed by atoms with Crippen LogP contribution in [-0.4, -0.2) is 50.3 Å². The number of ether oxygens (including phenoxy) is 1. The molecule has 3 nitrogen and oxygen atoms in total. The highest BCUT2D eigenvalue weighted by molar-refractivity contribution is 5.08. The molecule has 0 aromatic carbocycles.